The Morgan fingerprint density at radius 2 is 2.05 bits per heavy atom. The number of nitrogens with zero attached hydrogens (tertiary/aromatic N) is 1. The van der Waals surface area contributed by atoms with Gasteiger partial charge in [-0.25, -0.2) is 0 Å². The van der Waals surface area contributed by atoms with Gasteiger partial charge < -0.3 is 9.84 Å². The van der Waals surface area contributed by atoms with Crippen LogP contribution < -0.4 is 4.74 Å². The highest BCUT2D eigenvalue weighted by Gasteiger charge is 2.10. The molecule has 0 aliphatic rings. The lowest BCUT2D eigenvalue weighted by Gasteiger charge is -2.10. The molecular formula is C14H12ClNO4. The zero-order valence-corrected chi connectivity index (χ0v) is 11.4. The number of aryl methyl sites for hydroxylation is 1. The number of nitro benzene ring substituents is 1. The lowest BCUT2D eigenvalue weighted by Crippen LogP contribution is -1.92. The molecule has 0 bridgehead atoms. The first-order valence-electron chi connectivity index (χ1n) is 5.83. The van der Waals surface area contributed by atoms with Crippen LogP contribution >= 0.6 is 11.6 Å². The van der Waals surface area contributed by atoms with Crippen LogP contribution in [0.25, 0.3) is 0 Å². The second-order valence-corrected chi connectivity index (χ2v) is 4.63. The van der Waals surface area contributed by atoms with Gasteiger partial charge in [-0.2, -0.15) is 0 Å². The van der Waals surface area contributed by atoms with E-state index in [1.807, 2.05) is 0 Å². The Labute approximate surface area is 120 Å². The van der Waals surface area contributed by atoms with E-state index in [0.717, 1.165) is 0 Å². The van der Waals surface area contributed by atoms with Gasteiger partial charge in [-0.1, -0.05) is 17.7 Å². The van der Waals surface area contributed by atoms with E-state index >= 15 is 0 Å². The van der Waals surface area contributed by atoms with E-state index in [-0.39, 0.29) is 12.3 Å². The van der Waals surface area contributed by atoms with Gasteiger partial charge in [0.05, 0.1) is 11.5 Å². The third kappa shape index (κ3) is 3.07. The molecule has 0 spiro atoms. The molecule has 0 amide bonds. The molecule has 6 heteroatoms. The molecule has 0 saturated heterocycles. The monoisotopic (exact) mass is 293 g/mol. The number of aliphatic hydroxyl groups is 1. The van der Waals surface area contributed by atoms with Crippen molar-refractivity contribution in [3.05, 3.63) is 62.7 Å². The van der Waals surface area contributed by atoms with Gasteiger partial charge in [-0.05, 0) is 36.2 Å². The largest absolute Gasteiger partial charge is 0.457 e. The summed E-state index contributed by atoms with van der Waals surface area (Å²) < 4.78 is 5.64. The molecule has 2 aromatic rings. The average Bonchev–Trinajstić information content (AvgIpc) is 2.41. The lowest BCUT2D eigenvalue weighted by molar-refractivity contribution is -0.384. The highest BCUT2D eigenvalue weighted by molar-refractivity contribution is 6.31. The second-order valence-electron chi connectivity index (χ2n) is 4.22. The van der Waals surface area contributed by atoms with E-state index in [2.05, 4.69) is 0 Å². The van der Waals surface area contributed by atoms with Crippen LogP contribution in [0.15, 0.2) is 36.4 Å². The van der Waals surface area contributed by atoms with Crippen LogP contribution in [0.3, 0.4) is 0 Å². The summed E-state index contributed by atoms with van der Waals surface area (Å²) in [6, 6.07) is 9.30. The molecule has 0 radical (unpaired) electrons. The minimum Gasteiger partial charge on any atom is -0.457 e. The van der Waals surface area contributed by atoms with Crippen LogP contribution in [-0.4, -0.2) is 10.0 Å². The highest BCUT2D eigenvalue weighted by atomic mass is 35.5. The maximum absolute atomic E-state index is 10.7. The lowest BCUT2D eigenvalue weighted by atomic mass is 10.2. The molecule has 0 unspecified atom stereocenters. The molecular weight excluding hydrogens is 282 g/mol. The van der Waals surface area contributed by atoms with Crippen LogP contribution in [0, 0.1) is 17.0 Å². The number of hydrogen-bond donors (Lipinski definition) is 1. The molecule has 20 heavy (non-hydrogen) atoms. The van der Waals surface area contributed by atoms with Crippen molar-refractivity contribution >= 4 is 17.3 Å². The minimum absolute atomic E-state index is 0.0171. The predicted molar refractivity (Wildman–Crippen MR) is 75.3 cm³/mol. The van der Waals surface area contributed by atoms with Crippen molar-refractivity contribution in [3.63, 3.8) is 0 Å². The average molecular weight is 294 g/mol. The number of benzene rings is 2. The first-order valence-corrected chi connectivity index (χ1v) is 6.21. The Morgan fingerprint density at radius 3 is 2.60 bits per heavy atom. The topological polar surface area (TPSA) is 72.6 Å². The summed E-state index contributed by atoms with van der Waals surface area (Å²) in [5.41, 5.74) is 1.28. The van der Waals surface area contributed by atoms with Gasteiger partial charge in [-0.15, -0.1) is 0 Å². The molecule has 0 aliphatic heterocycles. The van der Waals surface area contributed by atoms with Gasteiger partial charge >= 0.3 is 0 Å². The Hall–Kier alpha value is -2.11. The molecule has 5 nitrogen and oxygen atoms in total. The number of non-ortho nitro benzene ring substituents is 1. The zero-order valence-electron chi connectivity index (χ0n) is 10.7. The fourth-order valence-corrected chi connectivity index (χ4v) is 1.94. The summed E-state index contributed by atoms with van der Waals surface area (Å²) in [4.78, 5) is 10.2. The molecule has 0 fully saturated rings. The molecule has 0 saturated carbocycles. The normalized spacial score (nSPS) is 10.3. The maximum atomic E-state index is 10.7. The van der Waals surface area contributed by atoms with Crippen molar-refractivity contribution in [2.75, 3.05) is 0 Å². The summed E-state index contributed by atoms with van der Waals surface area (Å²) in [5.74, 6) is 1.02. The Kier molecular flexibility index (Phi) is 4.22. The fourth-order valence-electron chi connectivity index (χ4n) is 1.71. The number of aliphatic hydroxyl groups excluding tert-OH is 1. The smallest absolute Gasteiger partial charge is 0.269 e. The molecule has 104 valence electrons. The molecule has 2 rings (SSSR count). The molecule has 0 aliphatic carbocycles. The summed E-state index contributed by atoms with van der Waals surface area (Å²) in [6.45, 7) is 1.59. The quantitative estimate of drug-likeness (QED) is 0.686. The summed E-state index contributed by atoms with van der Waals surface area (Å²) >= 11 is 5.97. The Morgan fingerprint density at radius 1 is 1.30 bits per heavy atom. The molecule has 2 aromatic carbocycles. The van der Waals surface area contributed by atoms with Crippen molar-refractivity contribution in [2.24, 2.45) is 0 Å². The van der Waals surface area contributed by atoms with E-state index in [1.165, 1.54) is 12.1 Å². The van der Waals surface area contributed by atoms with E-state index in [1.54, 1.807) is 31.2 Å². The van der Waals surface area contributed by atoms with Gasteiger partial charge in [0.1, 0.15) is 11.5 Å². The summed E-state index contributed by atoms with van der Waals surface area (Å²) in [6.07, 6.45) is 0. The second kappa shape index (κ2) is 5.90. The SMILES string of the molecule is Cc1cc([N+](=O)[O-])ccc1Oc1ccc(CO)c(Cl)c1. The van der Waals surface area contributed by atoms with Crippen LogP contribution in [0.5, 0.6) is 11.5 Å². The van der Waals surface area contributed by atoms with Crippen LogP contribution in [0.2, 0.25) is 5.02 Å². The van der Waals surface area contributed by atoms with Gasteiger partial charge in [-0.3, -0.25) is 10.1 Å². The number of nitro groups is 1. The third-order valence-electron chi connectivity index (χ3n) is 2.79. The minimum atomic E-state index is -0.455. The Bertz CT molecular complexity index is 658. The van der Waals surface area contributed by atoms with E-state index in [9.17, 15) is 10.1 Å². The first-order chi connectivity index (χ1) is 9.51. The highest BCUT2D eigenvalue weighted by Crippen LogP contribution is 2.30. The summed E-state index contributed by atoms with van der Waals surface area (Å²) in [7, 11) is 0. The van der Waals surface area contributed by atoms with Crippen molar-refractivity contribution in [1.29, 1.82) is 0 Å². The molecule has 1 N–H and O–H groups in total. The zero-order chi connectivity index (χ0) is 14.7. The van der Waals surface area contributed by atoms with Crippen LogP contribution in [0.1, 0.15) is 11.1 Å². The van der Waals surface area contributed by atoms with Gasteiger partial charge in [0, 0.05) is 17.2 Å². The van der Waals surface area contributed by atoms with Crippen molar-refractivity contribution < 1.29 is 14.8 Å². The van der Waals surface area contributed by atoms with Gasteiger partial charge in [0.25, 0.3) is 5.69 Å². The van der Waals surface area contributed by atoms with E-state index < -0.39 is 4.92 Å². The molecule has 0 atom stereocenters. The van der Waals surface area contributed by atoms with Gasteiger partial charge in [0.15, 0.2) is 0 Å². The van der Waals surface area contributed by atoms with Gasteiger partial charge in [0.2, 0.25) is 0 Å². The van der Waals surface area contributed by atoms with E-state index in [0.29, 0.717) is 27.6 Å². The van der Waals surface area contributed by atoms with Crippen molar-refractivity contribution in [2.45, 2.75) is 13.5 Å². The number of hydrogen-bond acceptors (Lipinski definition) is 4. The number of halogens is 1. The number of rotatable bonds is 4. The van der Waals surface area contributed by atoms with Crippen LogP contribution in [0.4, 0.5) is 5.69 Å². The standard InChI is InChI=1S/C14H12ClNO4/c1-9-6-11(16(18)19)3-5-14(9)20-12-4-2-10(8-17)13(15)7-12/h2-7,17H,8H2,1H3. The number of ether oxygens (including phenoxy) is 1. The Balaban J connectivity index is 2.26. The first kappa shape index (κ1) is 14.3. The summed E-state index contributed by atoms with van der Waals surface area (Å²) in [5, 5.41) is 20.1. The fraction of sp³-hybridized carbons (Fsp3) is 0.143. The van der Waals surface area contributed by atoms with E-state index in [4.69, 9.17) is 21.4 Å². The molecule has 0 aromatic heterocycles. The van der Waals surface area contributed by atoms with Crippen molar-refractivity contribution in [1.82, 2.24) is 0 Å². The maximum Gasteiger partial charge on any atom is 0.269 e. The van der Waals surface area contributed by atoms with Crippen molar-refractivity contribution in [3.8, 4) is 11.5 Å². The predicted octanol–water partition coefficient (Wildman–Crippen LogP) is 3.84. The third-order valence-corrected chi connectivity index (χ3v) is 3.14. The molecule has 0 heterocycles. The van der Waals surface area contributed by atoms with Crippen LogP contribution in [-0.2, 0) is 6.61 Å².